The number of hydrogen-bond acceptors (Lipinski definition) is 3. The van der Waals surface area contributed by atoms with Crippen molar-refractivity contribution in [2.75, 3.05) is 26.7 Å². The van der Waals surface area contributed by atoms with Gasteiger partial charge in [0, 0.05) is 17.5 Å². The Morgan fingerprint density at radius 3 is 3.00 bits per heavy atom. The molecule has 0 aliphatic carbocycles. The lowest BCUT2D eigenvalue weighted by molar-refractivity contribution is 0.310. The topological polar surface area (TPSA) is 15.3 Å². The molecule has 1 fully saturated rings. The summed E-state index contributed by atoms with van der Waals surface area (Å²) in [4.78, 5) is 3.58. The van der Waals surface area contributed by atoms with Crippen LogP contribution >= 0.6 is 12.2 Å². The smallest absolute Gasteiger partial charge is 0.0272 e. The molecule has 1 rings (SSSR count). The first-order valence-corrected chi connectivity index (χ1v) is 6.17. The van der Waals surface area contributed by atoms with E-state index in [-0.39, 0.29) is 0 Å². The molecule has 0 aromatic carbocycles. The lowest BCUT2D eigenvalue weighted by Gasteiger charge is -2.18. The molecule has 1 unspecified atom stereocenters. The Labute approximate surface area is 98.7 Å². The third kappa shape index (κ3) is 5.40. The number of nitrogens with zero attached hydrogens (tertiary/aromatic N) is 1. The molecule has 1 aliphatic rings. The molecule has 1 saturated heterocycles. The summed E-state index contributed by atoms with van der Waals surface area (Å²) in [6.07, 6.45) is 6.64. The molecule has 0 aromatic rings. The summed E-state index contributed by atoms with van der Waals surface area (Å²) in [5.74, 6) is 0. The summed E-state index contributed by atoms with van der Waals surface area (Å²) >= 11 is 5.17. The number of rotatable bonds is 7. The van der Waals surface area contributed by atoms with Crippen molar-refractivity contribution in [2.24, 2.45) is 0 Å². The molecule has 86 valence electrons. The van der Waals surface area contributed by atoms with E-state index in [4.69, 9.17) is 12.2 Å². The molecule has 1 N–H and O–H groups in total. The first-order chi connectivity index (χ1) is 7.22. The van der Waals surface area contributed by atoms with Gasteiger partial charge in [0.05, 0.1) is 0 Å². The third-order valence-corrected chi connectivity index (χ3v) is 3.18. The van der Waals surface area contributed by atoms with Crippen LogP contribution in [0, 0.1) is 0 Å². The molecule has 1 atom stereocenters. The van der Waals surface area contributed by atoms with Crippen molar-refractivity contribution < 1.29 is 0 Å². The molecule has 1 heterocycles. The molecule has 3 heteroatoms. The first kappa shape index (κ1) is 12.8. The van der Waals surface area contributed by atoms with Crippen LogP contribution in [0.2, 0.25) is 0 Å². The lowest BCUT2D eigenvalue weighted by atomic mass is 10.1. The van der Waals surface area contributed by atoms with Crippen LogP contribution in [0.15, 0.2) is 12.7 Å². The molecule has 0 radical (unpaired) electrons. The normalized spacial score (nSPS) is 21.2. The fraction of sp³-hybridized carbons (Fsp3) is 0.750. The van der Waals surface area contributed by atoms with Crippen LogP contribution in [0.4, 0.5) is 0 Å². The Bertz CT molecular complexity index is 216. The Kier molecular flexibility index (Phi) is 6.06. The molecular weight excluding hydrogens is 204 g/mol. The Balaban J connectivity index is 2.03. The minimum Gasteiger partial charge on any atom is -0.309 e. The molecule has 2 nitrogen and oxygen atoms in total. The van der Waals surface area contributed by atoms with E-state index in [0.29, 0.717) is 6.04 Å². The van der Waals surface area contributed by atoms with Crippen LogP contribution in [0.25, 0.3) is 0 Å². The van der Waals surface area contributed by atoms with Gasteiger partial charge in [-0.05, 0) is 45.8 Å². The minimum atomic E-state index is 0.624. The van der Waals surface area contributed by atoms with E-state index in [0.717, 1.165) is 25.9 Å². The van der Waals surface area contributed by atoms with Gasteiger partial charge in [-0.25, -0.2) is 0 Å². The fourth-order valence-electron chi connectivity index (χ4n) is 1.88. The zero-order chi connectivity index (χ0) is 11.1. The quantitative estimate of drug-likeness (QED) is 0.406. The minimum absolute atomic E-state index is 0.624. The summed E-state index contributed by atoms with van der Waals surface area (Å²) in [7, 11) is 2.19. The molecule has 0 aromatic heterocycles. The second-order valence-corrected chi connectivity index (χ2v) is 4.92. The number of unbranched alkanes of at least 4 members (excludes halogenated alkanes) is 1. The highest BCUT2D eigenvalue weighted by Gasteiger charge is 2.17. The van der Waals surface area contributed by atoms with Gasteiger partial charge in [0.1, 0.15) is 0 Å². The van der Waals surface area contributed by atoms with Gasteiger partial charge in [0.2, 0.25) is 0 Å². The molecular formula is C12H22N2S. The Hall–Kier alpha value is -0.250. The van der Waals surface area contributed by atoms with Gasteiger partial charge in [-0.2, -0.15) is 0 Å². The van der Waals surface area contributed by atoms with Crippen molar-refractivity contribution in [3.8, 4) is 0 Å². The van der Waals surface area contributed by atoms with Crippen LogP contribution in [-0.2, 0) is 0 Å². The number of nitrogens with one attached hydrogen (secondary N) is 1. The SMILES string of the molecule is C=CCCCN(C)CCC1CC(=S)CN1. The van der Waals surface area contributed by atoms with E-state index in [2.05, 4.69) is 23.8 Å². The molecule has 0 spiro atoms. The maximum Gasteiger partial charge on any atom is 0.0272 e. The standard InChI is InChI=1S/C12H22N2S/c1-3-4-5-7-14(2)8-6-11-9-12(15)10-13-11/h3,11,13H,1,4-10H2,2H3. The summed E-state index contributed by atoms with van der Waals surface area (Å²) in [6.45, 7) is 7.01. The van der Waals surface area contributed by atoms with Gasteiger partial charge in [-0.1, -0.05) is 18.3 Å². The largest absolute Gasteiger partial charge is 0.309 e. The van der Waals surface area contributed by atoms with Crippen molar-refractivity contribution in [1.29, 1.82) is 0 Å². The van der Waals surface area contributed by atoms with Gasteiger partial charge in [-0.3, -0.25) is 0 Å². The van der Waals surface area contributed by atoms with E-state index in [9.17, 15) is 0 Å². The Morgan fingerprint density at radius 1 is 1.60 bits per heavy atom. The third-order valence-electron chi connectivity index (χ3n) is 2.87. The predicted molar refractivity (Wildman–Crippen MR) is 70.6 cm³/mol. The second-order valence-electron chi connectivity index (χ2n) is 4.34. The molecule has 15 heavy (non-hydrogen) atoms. The highest BCUT2D eigenvalue weighted by atomic mass is 32.1. The average Bonchev–Trinajstić information content (AvgIpc) is 2.62. The highest BCUT2D eigenvalue weighted by molar-refractivity contribution is 7.80. The van der Waals surface area contributed by atoms with E-state index in [1.165, 1.54) is 24.3 Å². The zero-order valence-electron chi connectivity index (χ0n) is 9.67. The van der Waals surface area contributed by atoms with Gasteiger partial charge < -0.3 is 10.2 Å². The van der Waals surface area contributed by atoms with Crippen molar-refractivity contribution >= 4 is 17.1 Å². The highest BCUT2D eigenvalue weighted by Crippen LogP contribution is 2.08. The van der Waals surface area contributed by atoms with E-state index in [1.54, 1.807) is 0 Å². The Morgan fingerprint density at radius 2 is 2.40 bits per heavy atom. The van der Waals surface area contributed by atoms with Crippen LogP contribution < -0.4 is 5.32 Å². The van der Waals surface area contributed by atoms with E-state index >= 15 is 0 Å². The summed E-state index contributed by atoms with van der Waals surface area (Å²) < 4.78 is 0. The molecule has 0 saturated carbocycles. The fourth-order valence-corrected chi connectivity index (χ4v) is 2.16. The van der Waals surface area contributed by atoms with Crippen LogP contribution in [-0.4, -0.2) is 42.5 Å². The average molecular weight is 226 g/mol. The van der Waals surface area contributed by atoms with Crippen LogP contribution in [0.3, 0.4) is 0 Å². The van der Waals surface area contributed by atoms with E-state index in [1.807, 2.05) is 6.08 Å². The van der Waals surface area contributed by atoms with Crippen molar-refractivity contribution in [3.63, 3.8) is 0 Å². The van der Waals surface area contributed by atoms with Gasteiger partial charge >= 0.3 is 0 Å². The molecule has 1 aliphatic heterocycles. The van der Waals surface area contributed by atoms with Crippen molar-refractivity contribution in [3.05, 3.63) is 12.7 Å². The maximum absolute atomic E-state index is 5.17. The molecule has 0 amide bonds. The van der Waals surface area contributed by atoms with E-state index < -0.39 is 0 Å². The van der Waals surface area contributed by atoms with Gasteiger partial charge in [0.15, 0.2) is 0 Å². The summed E-state index contributed by atoms with van der Waals surface area (Å²) in [6, 6.07) is 0.624. The first-order valence-electron chi connectivity index (χ1n) is 5.77. The lowest BCUT2D eigenvalue weighted by Crippen LogP contribution is -2.29. The molecule has 0 bridgehead atoms. The maximum atomic E-state index is 5.17. The zero-order valence-corrected chi connectivity index (χ0v) is 10.5. The predicted octanol–water partition coefficient (Wildman–Crippen LogP) is 2.01. The number of allylic oxidation sites excluding steroid dienone is 1. The van der Waals surface area contributed by atoms with Crippen molar-refractivity contribution in [2.45, 2.75) is 31.7 Å². The second kappa shape index (κ2) is 7.09. The van der Waals surface area contributed by atoms with Gasteiger partial charge in [0.25, 0.3) is 0 Å². The number of hydrogen-bond donors (Lipinski definition) is 1. The summed E-state index contributed by atoms with van der Waals surface area (Å²) in [5.41, 5.74) is 0. The van der Waals surface area contributed by atoms with Gasteiger partial charge in [-0.15, -0.1) is 6.58 Å². The number of thiocarbonyl (C=S) groups is 1. The van der Waals surface area contributed by atoms with Crippen LogP contribution in [0.1, 0.15) is 25.7 Å². The summed E-state index contributed by atoms with van der Waals surface area (Å²) in [5, 5.41) is 3.44. The monoisotopic (exact) mass is 226 g/mol. The van der Waals surface area contributed by atoms with Crippen LogP contribution in [0.5, 0.6) is 0 Å². The van der Waals surface area contributed by atoms with Crippen molar-refractivity contribution in [1.82, 2.24) is 10.2 Å².